The monoisotopic (exact) mass is 339 g/mol. The molecule has 0 aliphatic heterocycles. The first-order chi connectivity index (χ1) is 11.7. The molecule has 0 spiro atoms. The lowest BCUT2D eigenvalue weighted by atomic mass is 10.3. The smallest absolute Gasteiger partial charge is 0.343 e. The van der Waals surface area contributed by atoms with Crippen LogP contribution in [-0.4, -0.2) is 19.9 Å². The summed E-state index contributed by atoms with van der Waals surface area (Å²) in [5, 5.41) is 14.8. The van der Waals surface area contributed by atoms with Gasteiger partial charge in [-0.2, -0.15) is 0 Å². The van der Waals surface area contributed by atoms with Crippen molar-refractivity contribution < 1.29 is 4.92 Å². The van der Waals surface area contributed by atoms with Crippen molar-refractivity contribution in [3.8, 4) is 0 Å². The highest BCUT2D eigenvalue weighted by molar-refractivity contribution is 7.99. The first kappa shape index (κ1) is 15.9. The second-order valence-electron chi connectivity index (χ2n) is 4.76. The Kier molecular flexibility index (Phi) is 4.97. The molecule has 7 nitrogen and oxygen atoms in total. The molecule has 0 saturated heterocycles. The van der Waals surface area contributed by atoms with Gasteiger partial charge in [0.1, 0.15) is 6.33 Å². The molecule has 0 aliphatic carbocycles. The van der Waals surface area contributed by atoms with Crippen molar-refractivity contribution >= 4 is 23.3 Å². The largest absolute Gasteiger partial charge is 0.360 e. The van der Waals surface area contributed by atoms with E-state index in [4.69, 9.17) is 0 Å². The Morgan fingerprint density at radius 2 is 1.96 bits per heavy atom. The zero-order chi connectivity index (χ0) is 16.8. The molecule has 0 fully saturated rings. The number of anilines is 1. The summed E-state index contributed by atoms with van der Waals surface area (Å²) < 4.78 is 0. The maximum Gasteiger partial charge on any atom is 0.343 e. The third kappa shape index (κ3) is 3.85. The molecule has 3 rings (SSSR count). The Balaban J connectivity index is 1.86. The van der Waals surface area contributed by atoms with Crippen LogP contribution in [0.5, 0.6) is 0 Å². The van der Waals surface area contributed by atoms with E-state index in [1.807, 2.05) is 42.5 Å². The lowest BCUT2D eigenvalue weighted by Gasteiger charge is -2.08. The molecule has 1 aromatic carbocycles. The van der Waals surface area contributed by atoms with Crippen LogP contribution in [0.1, 0.15) is 5.56 Å². The van der Waals surface area contributed by atoms with Gasteiger partial charge < -0.3 is 5.32 Å². The van der Waals surface area contributed by atoms with Gasteiger partial charge in [0.05, 0.1) is 4.92 Å². The van der Waals surface area contributed by atoms with E-state index in [0.29, 0.717) is 11.6 Å². The third-order valence-electron chi connectivity index (χ3n) is 3.11. The van der Waals surface area contributed by atoms with E-state index in [2.05, 4.69) is 20.3 Å². The van der Waals surface area contributed by atoms with Crippen LogP contribution in [0.15, 0.2) is 71.1 Å². The fourth-order valence-electron chi connectivity index (χ4n) is 2.02. The topological polar surface area (TPSA) is 93.8 Å². The van der Waals surface area contributed by atoms with Gasteiger partial charge in [0, 0.05) is 23.8 Å². The Morgan fingerprint density at radius 3 is 2.67 bits per heavy atom. The average molecular weight is 339 g/mol. The molecule has 2 heterocycles. The van der Waals surface area contributed by atoms with Crippen molar-refractivity contribution in [1.29, 1.82) is 0 Å². The van der Waals surface area contributed by atoms with Crippen molar-refractivity contribution in [2.45, 2.75) is 16.5 Å². The molecule has 8 heteroatoms. The van der Waals surface area contributed by atoms with E-state index < -0.39 is 4.92 Å². The number of nitro groups is 1. The summed E-state index contributed by atoms with van der Waals surface area (Å²) in [6, 6.07) is 13.1. The van der Waals surface area contributed by atoms with Gasteiger partial charge in [-0.1, -0.05) is 36.0 Å². The van der Waals surface area contributed by atoms with Crippen molar-refractivity contribution in [2.24, 2.45) is 0 Å². The molecule has 0 amide bonds. The second kappa shape index (κ2) is 7.51. The number of hydrogen-bond acceptors (Lipinski definition) is 7. The van der Waals surface area contributed by atoms with Gasteiger partial charge in [0.15, 0.2) is 5.03 Å². The Bertz CT molecular complexity index is 830. The SMILES string of the molecule is O=[N+]([O-])c1c(NCc2cccnc2)ncnc1Sc1ccccc1. The molecule has 0 bridgehead atoms. The number of nitrogens with one attached hydrogen (secondary N) is 1. The minimum absolute atomic E-state index is 0.129. The summed E-state index contributed by atoms with van der Waals surface area (Å²) in [5.41, 5.74) is 0.776. The van der Waals surface area contributed by atoms with Crippen LogP contribution in [0.25, 0.3) is 0 Å². The van der Waals surface area contributed by atoms with Gasteiger partial charge in [-0.25, -0.2) is 9.97 Å². The number of hydrogen-bond donors (Lipinski definition) is 1. The quantitative estimate of drug-likeness (QED) is 0.417. The van der Waals surface area contributed by atoms with Crippen LogP contribution in [-0.2, 0) is 6.54 Å². The van der Waals surface area contributed by atoms with E-state index in [0.717, 1.165) is 10.5 Å². The molecule has 0 atom stereocenters. The Labute approximate surface area is 142 Å². The maximum atomic E-state index is 11.5. The average Bonchev–Trinajstić information content (AvgIpc) is 2.61. The fraction of sp³-hybridized carbons (Fsp3) is 0.0625. The van der Waals surface area contributed by atoms with E-state index in [1.165, 1.54) is 18.1 Å². The van der Waals surface area contributed by atoms with Crippen LogP contribution < -0.4 is 5.32 Å². The van der Waals surface area contributed by atoms with Gasteiger partial charge in [-0.05, 0) is 23.8 Å². The van der Waals surface area contributed by atoms with Gasteiger partial charge >= 0.3 is 5.69 Å². The van der Waals surface area contributed by atoms with E-state index in [9.17, 15) is 10.1 Å². The Hall–Kier alpha value is -3.00. The zero-order valence-corrected chi connectivity index (χ0v) is 13.3. The molecule has 1 N–H and O–H groups in total. The molecule has 0 unspecified atom stereocenters. The Morgan fingerprint density at radius 1 is 1.12 bits per heavy atom. The molecule has 0 aliphatic rings. The van der Waals surface area contributed by atoms with Crippen LogP contribution >= 0.6 is 11.8 Å². The van der Waals surface area contributed by atoms with E-state index >= 15 is 0 Å². The normalized spacial score (nSPS) is 10.3. The second-order valence-corrected chi connectivity index (χ2v) is 5.83. The highest BCUT2D eigenvalue weighted by Gasteiger charge is 2.23. The van der Waals surface area contributed by atoms with Gasteiger partial charge in [0.25, 0.3) is 0 Å². The molecular formula is C16H13N5O2S. The summed E-state index contributed by atoms with van der Waals surface area (Å²) in [7, 11) is 0. The predicted octanol–water partition coefficient (Wildman–Crippen LogP) is 3.54. The minimum atomic E-state index is -0.461. The first-order valence-electron chi connectivity index (χ1n) is 7.09. The van der Waals surface area contributed by atoms with Crippen molar-refractivity contribution in [2.75, 3.05) is 5.32 Å². The maximum absolute atomic E-state index is 11.5. The highest BCUT2D eigenvalue weighted by atomic mass is 32.2. The molecule has 0 radical (unpaired) electrons. The van der Waals surface area contributed by atoms with Gasteiger partial charge in [0.2, 0.25) is 5.82 Å². The lowest BCUT2D eigenvalue weighted by Crippen LogP contribution is -2.06. The summed E-state index contributed by atoms with van der Waals surface area (Å²) in [6.07, 6.45) is 4.69. The van der Waals surface area contributed by atoms with Crippen LogP contribution in [0.2, 0.25) is 0 Å². The molecule has 24 heavy (non-hydrogen) atoms. The van der Waals surface area contributed by atoms with Crippen LogP contribution in [0.3, 0.4) is 0 Å². The van der Waals surface area contributed by atoms with Crippen molar-refractivity contribution in [3.63, 3.8) is 0 Å². The third-order valence-corrected chi connectivity index (χ3v) is 4.11. The molecule has 2 aromatic heterocycles. The van der Waals surface area contributed by atoms with Gasteiger partial charge in [-0.3, -0.25) is 15.1 Å². The van der Waals surface area contributed by atoms with Crippen LogP contribution in [0.4, 0.5) is 11.5 Å². The van der Waals surface area contributed by atoms with Crippen LogP contribution in [0, 0.1) is 10.1 Å². The van der Waals surface area contributed by atoms with E-state index in [1.54, 1.807) is 12.4 Å². The van der Waals surface area contributed by atoms with E-state index in [-0.39, 0.29) is 11.5 Å². The zero-order valence-electron chi connectivity index (χ0n) is 12.5. The predicted molar refractivity (Wildman–Crippen MR) is 90.8 cm³/mol. The number of nitrogens with zero attached hydrogens (tertiary/aromatic N) is 4. The number of aromatic nitrogens is 3. The summed E-state index contributed by atoms with van der Waals surface area (Å²) in [4.78, 5) is 24.0. The lowest BCUT2D eigenvalue weighted by molar-refractivity contribution is -0.387. The van der Waals surface area contributed by atoms with Crippen molar-refractivity contribution in [1.82, 2.24) is 15.0 Å². The number of benzene rings is 1. The fourth-order valence-corrected chi connectivity index (χ4v) is 2.90. The molecule has 120 valence electrons. The first-order valence-corrected chi connectivity index (χ1v) is 7.91. The standard InChI is InChI=1S/C16H13N5O2S/c22-21(23)14-15(18-10-12-5-4-8-17-9-12)19-11-20-16(14)24-13-6-2-1-3-7-13/h1-9,11H,10H2,(H,18,19,20). The summed E-state index contributed by atoms with van der Waals surface area (Å²) in [5.74, 6) is 0.192. The molecule has 3 aromatic rings. The summed E-state index contributed by atoms with van der Waals surface area (Å²) >= 11 is 1.23. The molecule has 0 saturated carbocycles. The molecular weight excluding hydrogens is 326 g/mol. The number of rotatable bonds is 6. The highest BCUT2D eigenvalue weighted by Crippen LogP contribution is 2.36. The van der Waals surface area contributed by atoms with Gasteiger partial charge in [-0.15, -0.1) is 0 Å². The minimum Gasteiger partial charge on any atom is -0.360 e. The van der Waals surface area contributed by atoms with Crippen molar-refractivity contribution in [3.05, 3.63) is 76.9 Å². The summed E-state index contributed by atoms with van der Waals surface area (Å²) in [6.45, 7) is 0.390. The number of pyridine rings is 1.